The van der Waals surface area contributed by atoms with Gasteiger partial charge in [-0.1, -0.05) is 84.4 Å². The Kier molecular flexibility index (Phi) is 7.92. The van der Waals surface area contributed by atoms with Crippen LogP contribution in [-0.2, 0) is 9.53 Å². The third kappa shape index (κ3) is 6.42. The van der Waals surface area contributed by atoms with Crippen molar-refractivity contribution in [2.45, 2.75) is 38.7 Å². The Hall–Kier alpha value is -3.41. The number of benzene rings is 3. The van der Waals surface area contributed by atoms with E-state index in [1.54, 1.807) is 12.1 Å². The molecule has 0 unspecified atom stereocenters. The second-order valence-electron chi connectivity index (χ2n) is 9.49. The summed E-state index contributed by atoms with van der Waals surface area (Å²) in [7, 11) is 0. The maximum Gasteiger partial charge on any atom is 0.342 e. The van der Waals surface area contributed by atoms with Gasteiger partial charge in [0.15, 0.2) is 0 Å². The van der Waals surface area contributed by atoms with E-state index in [9.17, 15) is 9.59 Å². The van der Waals surface area contributed by atoms with Crippen LogP contribution in [0, 0.1) is 0 Å². The van der Waals surface area contributed by atoms with Crippen molar-refractivity contribution in [3.63, 3.8) is 0 Å². The van der Waals surface area contributed by atoms with Gasteiger partial charge in [-0.25, -0.2) is 4.79 Å². The van der Waals surface area contributed by atoms with Crippen molar-refractivity contribution in [2.24, 2.45) is 0 Å². The third-order valence-electron chi connectivity index (χ3n) is 5.60. The van der Waals surface area contributed by atoms with E-state index in [1.807, 2.05) is 98.9 Å². The Morgan fingerprint density at radius 3 is 1.97 bits per heavy atom. The predicted molar refractivity (Wildman–Crippen MR) is 148 cm³/mol. The van der Waals surface area contributed by atoms with Crippen LogP contribution in [-0.4, -0.2) is 17.5 Å². The number of halogens is 1. The lowest BCUT2D eigenvalue weighted by atomic mass is 9.88. The van der Waals surface area contributed by atoms with E-state index in [0.29, 0.717) is 21.2 Å². The van der Waals surface area contributed by atoms with Gasteiger partial charge in [0.25, 0.3) is 0 Å². The maximum absolute atomic E-state index is 13.3. The molecule has 1 amide bonds. The second-order valence-corrected chi connectivity index (χ2v) is 10.8. The molecular formula is C30H28ClNO3S. The molecule has 0 aliphatic heterocycles. The normalized spacial score (nSPS) is 11.4. The zero-order valence-corrected chi connectivity index (χ0v) is 22.0. The number of anilines is 1. The zero-order valence-electron chi connectivity index (χ0n) is 20.5. The molecule has 36 heavy (non-hydrogen) atoms. The van der Waals surface area contributed by atoms with Gasteiger partial charge in [0, 0.05) is 28.3 Å². The van der Waals surface area contributed by atoms with E-state index in [0.717, 1.165) is 16.7 Å². The van der Waals surface area contributed by atoms with Crippen LogP contribution in [0.1, 0.15) is 54.6 Å². The molecule has 0 atom stereocenters. The van der Waals surface area contributed by atoms with E-state index >= 15 is 0 Å². The lowest BCUT2D eigenvalue weighted by Gasteiger charge is -2.21. The molecule has 4 rings (SSSR count). The van der Waals surface area contributed by atoms with E-state index in [-0.39, 0.29) is 18.2 Å². The molecule has 6 heteroatoms. The fraction of sp³-hybridized carbons (Fsp3) is 0.200. The van der Waals surface area contributed by atoms with Gasteiger partial charge in [-0.15, -0.1) is 11.3 Å². The summed E-state index contributed by atoms with van der Waals surface area (Å²) in [4.78, 5) is 26.6. The molecule has 184 valence electrons. The minimum absolute atomic E-state index is 0.118. The van der Waals surface area contributed by atoms with Crippen LogP contribution in [0.3, 0.4) is 0 Å². The molecule has 1 aromatic heterocycles. The van der Waals surface area contributed by atoms with Crippen LogP contribution in [0.25, 0.3) is 11.1 Å². The number of hydrogen-bond acceptors (Lipinski definition) is 4. The number of carbonyl (C=O) groups excluding carboxylic acids is 2. The van der Waals surface area contributed by atoms with E-state index in [2.05, 4.69) is 5.32 Å². The number of rotatable bonds is 7. The Morgan fingerprint density at radius 1 is 0.889 bits per heavy atom. The van der Waals surface area contributed by atoms with Gasteiger partial charge in [0.05, 0.1) is 0 Å². The van der Waals surface area contributed by atoms with Gasteiger partial charge >= 0.3 is 5.97 Å². The minimum Gasteiger partial charge on any atom is -0.456 e. The summed E-state index contributed by atoms with van der Waals surface area (Å²) in [5.41, 5.74) is 3.30. The summed E-state index contributed by atoms with van der Waals surface area (Å²) in [6.45, 7) is 5.46. The van der Waals surface area contributed by atoms with Crippen LogP contribution in [0.4, 0.5) is 5.00 Å². The molecule has 4 nitrogen and oxygen atoms in total. The van der Waals surface area contributed by atoms with Crippen molar-refractivity contribution in [3.05, 3.63) is 112 Å². The Labute approximate surface area is 220 Å². The van der Waals surface area contributed by atoms with Gasteiger partial charge in [0.1, 0.15) is 16.2 Å². The van der Waals surface area contributed by atoms with Gasteiger partial charge < -0.3 is 10.1 Å². The third-order valence-corrected chi connectivity index (χ3v) is 6.74. The quantitative estimate of drug-likeness (QED) is 0.251. The highest BCUT2D eigenvalue weighted by molar-refractivity contribution is 7.15. The number of thiophene rings is 1. The second kappa shape index (κ2) is 11.1. The van der Waals surface area contributed by atoms with E-state index in [1.165, 1.54) is 11.3 Å². The number of amides is 1. The average molecular weight is 518 g/mol. The molecule has 0 radical (unpaired) electrons. The molecule has 1 N–H and O–H groups in total. The topological polar surface area (TPSA) is 55.4 Å². The molecule has 0 saturated carbocycles. The Bertz CT molecular complexity index is 1290. The smallest absolute Gasteiger partial charge is 0.342 e. The van der Waals surface area contributed by atoms with E-state index < -0.39 is 11.6 Å². The zero-order chi connectivity index (χ0) is 25.7. The van der Waals surface area contributed by atoms with Crippen molar-refractivity contribution in [2.75, 3.05) is 5.32 Å². The number of nitrogens with one attached hydrogen (secondary N) is 1. The first-order chi connectivity index (χ1) is 17.2. The average Bonchev–Trinajstić information content (AvgIpc) is 3.26. The van der Waals surface area contributed by atoms with Gasteiger partial charge in [0.2, 0.25) is 5.91 Å². The number of hydrogen-bond donors (Lipinski definition) is 1. The highest BCUT2D eigenvalue weighted by Crippen LogP contribution is 2.38. The molecular weight excluding hydrogens is 490 g/mol. The van der Waals surface area contributed by atoms with E-state index in [4.69, 9.17) is 16.3 Å². The molecule has 1 heterocycles. The highest BCUT2D eigenvalue weighted by Gasteiger charge is 2.27. The van der Waals surface area contributed by atoms with Crippen LogP contribution >= 0.6 is 22.9 Å². The fourth-order valence-electron chi connectivity index (χ4n) is 3.99. The van der Waals surface area contributed by atoms with Crippen molar-refractivity contribution in [1.29, 1.82) is 0 Å². The van der Waals surface area contributed by atoms with Crippen LogP contribution < -0.4 is 5.32 Å². The molecule has 0 saturated heterocycles. The Morgan fingerprint density at radius 2 is 1.44 bits per heavy atom. The SMILES string of the molecule is CC(C)(C)OC(=O)c1c(-c2ccc(Cl)cc2)csc1NC(=O)CC(c1ccccc1)c1ccccc1. The van der Waals surface area contributed by atoms with Crippen LogP contribution in [0.15, 0.2) is 90.3 Å². The molecule has 0 aliphatic carbocycles. The number of esters is 1. The fourth-order valence-corrected chi connectivity index (χ4v) is 5.09. The molecule has 3 aromatic carbocycles. The van der Waals surface area contributed by atoms with Crippen LogP contribution in [0.2, 0.25) is 5.02 Å². The Balaban J connectivity index is 1.65. The molecule has 0 spiro atoms. The van der Waals surface area contributed by atoms with Crippen molar-refractivity contribution in [1.82, 2.24) is 0 Å². The predicted octanol–water partition coefficient (Wildman–Crippen LogP) is 8.18. The van der Waals surface area contributed by atoms with Crippen molar-refractivity contribution < 1.29 is 14.3 Å². The first-order valence-corrected chi connectivity index (χ1v) is 13.0. The first-order valence-electron chi connectivity index (χ1n) is 11.7. The summed E-state index contributed by atoms with van der Waals surface area (Å²) in [6, 6.07) is 27.2. The monoisotopic (exact) mass is 517 g/mol. The van der Waals surface area contributed by atoms with Gasteiger partial charge in [-0.05, 0) is 49.6 Å². The molecule has 4 aromatic rings. The number of ether oxygens (including phenoxy) is 1. The summed E-state index contributed by atoms with van der Waals surface area (Å²) >= 11 is 7.38. The van der Waals surface area contributed by atoms with Gasteiger partial charge in [-0.3, -0.25) is 4.79 Å². The lowest BCUT2D eigenvalue weighted by Crippen LogP contribution is -2.25. The summed E-state index contributed by atoms with van der Waals surface area (Å²) < 4.78 is 5.70. The summed E-state index contributed by atoms with van der Waals surface area (Å²) in [6.07, 6.45) is 0.232. The van der Waals surface area contributed by atoms with Crippen molar-refractivity contribution in [3.8, 4) is 11.1 Å². The highest BCUT2D eigenvalue weighted by atomic mass is 35.5. The largest absolute Gasteiger partial charge is 0.456 e. The van der Waals surface area contributed by atoms with Gasteiger partial charge in [-0.2, -0.15) is 0 Å². The minimum atomic E-state index is -0.677. The molecule has 0 bridgehead atoms. The van der Waals surface area contributed by atoms with Crippen molar-refractivity contribution >= 4 is 39.8 Å². The van der Waals surface area contributed by atoms with Crippen LogP contribution in [0.5, 0.6) is 0 Å². The first kappa shape index (κ1) is 25.7. The maximum atomic E-state index is 13.3. The number of carbonyl (C=O) groups is 2. The standard InChI is InChI=1S/C30H28ClNO3S/c1-30(2,3)35-29(34)27-25(22-14-16-23(31)17-15-22)19-36-28(27)32-26(33)18-24(20-10-6-4-7-11-20)21-12-8-5-9-13-21/h4-17,19,24H,18H2,1-3H3,(H,32,33). The molecule has 0 aliphatic rings. The molecule has 0 fully saturated rings. The summed E-state index contributed by atoms with van der Waals surface area (Å²) in [5, 5.41) is 5.94. The summed E-state index contributed by atoms with van der Waals surface area (Å²) in [5.74, 6) is -0.776. The lowest BCUT2D eigenvalue weighted by molar-refractivity contribution is -0.116.